The molecule has 1 aliphatic rings. The fraction of sp³-hybridized carbons (Fsp3) is 0.269. The van der Waals surface area contributed by atoms with E-state index < -0.39 is 0 Å². The number of benzene rings is 2. The number of nitrogens with zero attached hydrogens (tertiary/aromatic N) is 1. The summed E-state index contributed by atoms with van der Waals surface area (Å²) in [6, 6.07) is 17.2. The Balaban J connectivity index is 1.64. The highest BCUT2D eigenvalue weighted by Crippen LogP contribution is 2.41. The number of hydrogen-bond donors (Lipinski definition) is 1. The second-order valence-corrected chi connectivity index (χ2v) is 8.44. The number of fused-ring (bicyclic) bond motifs is 1. The molecule has 0 aliphatic carbocycles. The van der Waals surface area contributed by atoms with Crippen molar-refractivity contribution in [1.82, 2.24) is 4.90 Å². The minimum atomic E-state index is -0.354. The normalized spacial score (nSPS) is 16.3. The summed E-state index contributed by atoms with van der Waals surface area (Å²) in [6.07, 6.45) is 3.58. The average molecular weight is 432 g/mol. The predicted molar refractivity (Wildman–Crippen MR) is 121 cm³/mol. The molecule has 1 aliphatic heterocycles. The molecular formula is C26H25FN2O3. The molecule has 1 fully saturated rings. The Morgan fingerprint density at radius 3 is 2.66 bits per heavy atom. The van der Waals surface area contributed by atoms with Gasteiger partial charge in [0, 0.05) is 5.39 Å². The van der Waals surface area contributed by atoms with Crippen LogP contribution in [-0.2, 0) is 0 Å². The molecule has 0 bridgehead atoms. The Labute approximate surface area is 185 Å². The van der Waals surface area contributed by atoms with E-state index in [4.69, 9.17) is 8.83 Å². The van der Waals surface area contributed by atoms with Gasteiger partial charge in [0.1, 0.15) is 17.2 Å². The van der Waals surface area contributed by atoms with E-state index in [0.29, 0.717) is 22.9 Å². The number of furan rings is 2. The van der Waals surface area contributed by atoms with Crippen LogP contribution < -0.4 is 5.32 Å². The summed E-state index contributed by atoms with van der Waals surface area (Å²) < 4.78 is 25.9. The molecule has 0 spiro atoms. The van der Waals surface area contributed by atoms with Crippen LogP contribution in [0.1, 0.15) is 47.7 Å². The molecule has 2 aromatic heterocycles. The van der Waals surface area contributed by atoms with E-state index in [1.54, 1.807) is 24.3 Å². The first-order valence-corrected chi connectivity index (χ1v) is 11.0. The number of amides is 1. The van der Waals surface area contributed by atoms with Crippen LogP contribution in [0.3, 0.4) is 0 Å². The second-order valence-electron chi connectivity index (χ2n) is 8.44. The van der Waals surface area contributed by atoms with Crippen LogP contribution in [-0.4, -0.2) is 23.9 Å². The van der Waals surface area contributed by atoms with Gasteiger partial charge >= 0.3 is 0 Å². The lowest BCUT2D eigenvalue weighted by molar-refractivity contribution is 0.0995. The van der Waals surface area contributed by atoms with Gasteiger partial charge in [-0.05, 0) is 73.8 Å². The maximum Gasteiger partial charge on any atom is 0.291 e. The zero-order chi connectivity index (χ0) is 22.1. The number of hydrogen-bond acceptors (Lipinski definition) is 4. The van der Waals surface area contributed by atoms with E-state index in [-0.39, 0.29) is 23.5 Å². The summed E-state index contributed by atoms with van der Waals surface area (Å²) in [6.45, 7) is 3.99. The number of carbonyl (C=O) groups is 1. The zero-order valence-electron chi connectivity index (χ0n) is 17.9. The van der Waals surface area contributed by atoms with Crippen LogP contribution >= 0.6 is 0 Å². The summed E-state index contributed by atoms with van der Waals surface area (Å²) in [7, 11) is 0. The van der Waals surface area contributed by atoms with Gasteiger partial charge in [0.05, 0.1) is 18.0 Å². The Bertz CT molecular complexity index is 1220. The number of rotatable bonds is 5. The Kier molecular flexibility index (Phi) is 5.53. The third-order valence-corrected chi connectivity index (χ3v) is 6.20. The standard InChI is InChI=1S/C26H25FN2O3/c1-17-11-13-29(14-12-17)24(18-6-4-7-19(27)16-18)25-23(20-8-2-3-9-21(20)32-25)28-26(30)22-10-5-15-31-22/h2-10,15-17,24H,11-14H2,1H3,(H,28,30)/t24-/m1/s1. The molecule has 6 heteroatoms. The van der Waals surface area contributed by atoms with Gasteiger partial charge in [-0.3, -0.25) is 9.69 Å². The van der Waals surface area contributed by atoms with Crippen LogP contribution in [0.5, 0.6) is 0 Å². The smallest absolute Gasteiger partial charge is 0.291 e. The minimum Gasteiger partial charge on any atom is -0.459 e. The van der Waals surface area contributed by atoms with Crippen molar-refractivity contribution in [2.24, 2.45) is 5.92 Å². The van der Waals surface area contributed by atoms with Crippen LogP contribution in [0.15, 0.2) is 75.8 Å². The molecule has 0 unspecified atom stereocenters. The fourth-order valence-electron chi connectivity index (χ4n) is 4.46. The van der Waals surface area contributed by atoms with E-state index in [0.717, 1.165) is 36.9 Å². The van der Waals surface area contributed by atoms with E-state index in [9.17, 15) is 9.18 Å². The SMILES string of the molecule is CC1CCN([C@H](c2cccc(F)c2)c2oc3ccccc3c2NC(=O)c2ccco2)CC1. The first-order valence-electron chi connectivity index (χ1n) is 11.0. The van der Waals surface area contributed by atoms with E-state index in [2.05, 4.69) is 17.1 Å². The van der Waals surface area contributed by atoms with Gasteiger partial charge in [0.25, 0.3) is 5.91 Å². The monoisotopic (exact) mass is 432 g/mol. The number of carbonyl (C=O) groups excluding carboxylic acids is 1. The van der Waals surface area contributed by atoms with Crippen molar-refractivity contribution < 1.29 is 18.0 Å². The van der Waals surface area contributed by atoms with Crippen LogP contribution in [0, 0.1) is 11.7 Å². The average Bonchev–Trinajstić information content (AvgIpc) is 3.45. The highest BCUT2D eigenvalue weighted by Gasteiger charge is 2.32. The second kappa shape index (κ2) is 8.63. The summed E-state index contributed by atoms with van der Waals surface area (Å²) in [5, 5.41) is 3.80. The number of piperidine rings is 1. The maximum absolute atomic E-state index is 14.2. The van der Waals surface area contributed by atoms with Gasteiger partial charge in [-0.2, -0.15) is 0 Å². The number of halogens is 1. The van der Waals surface area contributed by atoms with Crippen molar-refractivity contribution in [2.75, 3.05) is 18.4 Å². The molecule has 1 N–H and O–H groups in total. The quantitative estimate of drug-likeness (QED) is 0.406. The molecule has 1 saturated heterocycles. The van der Waals surface area contributed by atoms with Crippen molar-refractivity contribution in [3.63, 3.8) is 0 Å². The van der Waals surface area contributed by atoms with Gasteiger partial charge in [-0.25, -0.2) is 4.39 Å². The van der Waals surface area contributed by atoms with Crippen LogP contribution in [0.4, 0.5) is 10.1 Å². The Morgan fingerprint density at radius 1 is 1.09 bits per heavy atom. The molecule has 1 atom stereocenters. The molecule has 3 heterocycles. The van der Waals surface area contributed by atoms with Crippen molar-refractivity contribution in [3.05, 3.63) is 89.8 Å². The van der Waals surface area contributed by atoms with E-state index in [1.165, 1.54) is 12.3 Å². The molecule has 5 rings (SSSR count). The summed E-state index contributed by atoms with van der Waals surface area (Å²) in [5.74, 6) is 0.818. The first kappa shape index (κ1) is 20.5. The van der Waals surface area contributed by atoms with E-state index >= 15 is 0 Å². The lowest BCUT2D eigenvalue weighted by Gasteiger charge is -2.36. The highest BCUT2D eigenvalue weighted by molar-refractivity contribution is 6.08. The summed E-state index contributed by atoms with van der Waals surface area (Å²) in [4.78, 5) is 15.2. The topological polar surface area (TPSA) is 58.6 Å². The molecule has 1 amide bonds. The zero-order valence-corrected chi connectivity index (χ0v) is 17.9. The largest absolute Gasteiger partial charge is 0.459 e. The number of anilines is 1. The third-order valence-electron chi connectivity index (χ3n) is 6.20. The van der Waals surface area contributed by atoms with Gasteiger partial charge in [-0.15, -0.1) is 0 Å². The van der Waals surface area contributed by atoms with Crippen LogP contribution in [0.25, 0.3) is 11.0 Å². The lowest BCUT2D eigenvalue weighted by Crippen LogP contribution is -2.37. The molecule has 2 aromatic carbocycles. The van der Waals surface area contributed by atoms with Crippen molar-refractivity contribution in [1.29, 1.82) is 0 Å². The molecule has 5 nitrogen and oxygen atoms in total. The maximum atomic E-state index is 14.2. The van der Waals surface area contributed by atoms with E-state index in [1.807, 2.05) is 30.3 Å². The Hall–Kier alpha value is -3.38. The van der Waals surface area contributed by atoms with Gasteiger partial charge in [0.2, 0.25) is 0 Å². The van der Waals surface area contributed by atoms with Gasteiger partial charge in [-0.1, -0.05) is 31.2 Å². The summed E-state index contributed by atoms with van der Waals surface area (Å²) in [5.41, 5.74) is 2.06. The van der Waals surface area contributed by atoms with Crippen LogP contribution in [0.2, 0.25) is 0 Å². The summed E-state index contributed by atoms with van der Waals surface area (Å²) >= 11 is 0. The van der Waals surface area contributed by atoms with Crippen molar-refractivity contribution in [2.45, 2.75) is 25.8 Å². The van der Waals surface area contributed by atoms with Gasteiger partial charge in [0.15, 0.2) is 5.76 Å². The van der Waals surface area contributed by atoms with Crippen molar-refractivity contribution in [3.8, 4) is 0 Å². The minimum absolute atomic E-state index is 0.218. The predicted octanol–water partition coefficient (Wildman–Crippen LogP) is 6.24. The number of para-hydroxylation sites is 1. The Morgan fingerprint density at radius 2 is 1.91 bits per heavy atom. The molecule has 4 aromatic rings. The highest BCUT2D eigenvalue weighted by atomic mass is 19.1. The molecule has 32 heavy (non-hydrogen) atoms. The molecular weight excluding hydrogens is 407 g/mol. The van der Waals surface area contributed by atoms with Crippen molar-refractivity contribution >= 4 is 22.6 Å². The third kappa shape index (κ3) is 3.94. The molecule has 0 saturated carbocycles. The number of nitrogens with one attached hydrogen (secondary N) is 1. The number of likely N-dealkylation sites (tertiary alicyclic amines) is 1. The lowest BCUT2D eigenvalue weighted by atomic mass is 9.94. The molecule has 164 valence electrons. The molecule has 0 radical (unpaired) electrons. The van der Waals surface area contributed by atoms with Gasteiger partial charge < -0.3 is 14.2 Å². The first-order chi connectivity index (χ1) is 15.6. The fourth-order valence-corrected chi connectivity index (χ4v) is 4.46.